The van der Waals surface area contributed by atoms with Crippen molar-refractivity contribution in [3.63, 3.8) is 0 Å². The van der Waals surface area contributed by atoms with Crippen LogP contribution in [0.2, 0.25) is 0 Å². The number of aryl methyl sites for hydroxylation is 4. The lowest BCUT2D eigenvalue weighted by Crippen LogP contribution is -2.34. The molecule has 0 amide bonds. The predicted molar refractivity (Wildman–Crippen MR) is 155 cm³/mol. The van der Waals surface area contributed by atoms with Crippen molar-refractivity contribution in [2.45, 2.75) is 51.4 Å². The second kappa shape index (κ2) is 9.32. The third-order valence-corrected chi connectivity index (χ3v) is 8.58. The zero-order valence-corrected chi connectivity index (χ0v) is 21.3. The van der Waals surface area contributed by atoms with E-state index in [1.165, 1.54) is 99.8 Å². The highest BCUT2D eigenvalue weighted by Crippen LogP contribution is 2.37. The summed E-state index contributed by atoms with van der Waals surface area (Å²) in [5.41, 5.74) is 14.6. The van der Waals surface area contributed by atoms with Gasteiger partial charge in [-0.05, 0) is 120 Å². The fourth-order valence-corrected chi connectivity index (χ4v) is 6.96. The molecule has 0 N–H and O–H groups in total. The standard InChI is InChI=1S/C34H36N2/c1-5-29-21-27(22-30-6-2-18-35(17-1)33(29)30)15-13-25-9-11-26(12-10-25)14-16-28-23-31-7-3-19-36-20-4-8-32(24-28)34(31)36/h9-16,21-24H,1-8,17-20H2. The van der Waals surface area contributed by atoms with Gasteiger partial charge in [-0.2, -0.15) is 0 Å². The summed E-state index contributed by atoms with van der Waals surface area (Å²) in [6, 6.07) is 18.7. The van der Waals surface area contributed by atoms with Gasteiger partial charge in [0.05, 0.1) is 0 Å². The minimum absolute atomic E-state index is 1.23. The molecule has 4 aliphatic rings. The van der Waals surface area contributed by atoms with Gasteiger partial charge in [-0.25, -0.2) is 0 Å². The van der Waals surface area contributed by atoms with Crippen LogP contribution in [0.5, 0.6) is 0 Å². The van der Waals surface area contributed by atoms with Gasteiger partial charge in [-0.15, -0.1) is 0 Å². The van der Waals surface area contributed by atoms with Gasteiger partial charge < -0.3 is 9.80 Å². The molecule has 2 heteroatoms. The second-order valence-corrected chi connectivity index (χ2v) is 11.1. The number of hydrogen-bond donors (Lipinski definition) is 0. The van der Waals surface area contributed by atoms with Gasteiger partial charge in [0.1, 0.15) is 0 Å². The molecule has 2 nitrogen and oxygen atoms in total. The average molecular weight is 473 g/mol. The van der Waals surface area contributed by atoms with E-state index in [2.05, 4.69) is 82.6 Å². The van der Waals surface area contributed by atoms with Crippen LogP contribution in [0.25, 0.3) is 24.3 Å². The van der Waals surface area contributed by atoms with Crippen LogP contribution < -0.4 is 9.80 Å². The minimum atomic E-state index is 1.23. The minimum Gasteiger partial charge on any atom is -0.371 e. The molecule has 0 aliphatic carbocycles. The number of nitrogens with zero attached hydrogens (tertiary/aromatic N) is 2. The molecule has 0 fully saturated rings. The van der Waals surface area contributed by atoms with Crippen LogP contribution in [0.1, 0.15) is 70.2 Å². The topological polar surface area (TPSA) is 6.48 Å². The second-order valence-electron chi connectivity index (χ2n) is 11.1. The Labute approximate surface area is 216 Å². The molecular weight excluding hydrogens is 436 g/mol. The Morgan fingerprint density at radius 1 is 0.417 bits per heavy atom. The van der Waals surface area contributed by atoms with E-state index in [0.29, 0.717) is 0 Å². The molecule has 4 aliphatic heterocycles. The SMILES string of the molecule is C(=Cc1cc2c3c(c1)CCCN3CCC2)c1ccc(C=Cc2cc3c4c(c2)CCCN4CCC3)cc1. The number of anilines is 2. The monoisotopic (exact) mass is 472 g/mol. The van der Waals surface area contributed by atoms with Crippen molar-refractivity contribution in [2.75, 3.05) is 36.0 Å². The quantitative estimate of drug-likeness (QED) is 0.364. The van der Waals surface area contributed by atoms with E-state index in [0.717, 1.165) is 0 Å². The summed E-state index contributed by atoms with van der Waals surface area (Å²) < 4.78 is 0. The molecule has 0 spiro atoms. The van der Waals surface area contributed by atoms with Crippen molar-refractivity contribution < 1.29 is 0 Å². The van der Waals surface area contributed by atoms with Gasteiger partial charge in [0, 0.05) is 37.6 Å². The summed E-state index contributed by atoms with van der Waals surface area (Å²) >= 11 is 0. The largest absolute Gasteiger partial charge is 0.371 e. The van der Waals surface area contributed by atoms with E-state index >= 15 is 0 Å². The summed E-state index contributed by atoms with van der Waals surface area (Å²) in [7, 11) is 0. The lowest BCUT2D eigenvalue weighted by molar-refractivity contribution is 0.634. The van der Waals surface area contributed by atoms with Gasteiger partial charge in [0.25, 0.3) is 0 Å². The van der Waals surface area contributed by atoms with Crippen molar-refractivity contribution in [1.82, 2.24) is 0 Å². The first-order chi connectivity index (χ1) is 17.8. The molecule has 3 aromatic carbocycles. The number of hydrogen-bond acceptors (Lipinski definition) is 2. The maximum absolute atomic E-state index is 2.62. The third kappa shape index (κ3) is 4.17. The highest BCUT2D eigenvalue weighted by molar-refractivity contribution is 5.77. The molecule has 3 aromatic rings. The van der Waals surface area contributed by atoms with Gasteiger partial charge in [0.2, 0.25) is 0 Å². The first-order valence-electron chi connectivity index (χ1n) is 14.1. The van der Waals surface area contributed by atoms with E-state index in [-0.39, 0.29) is 0 Å². The molecule has 0 aromatic heterocycles. The normalized spacial score (nSPS) is 18.6. The zero-order valence-electron chi connectivity index (χ0n) is 21.3. The molecule has 0 saturated heterocycles. The van der Waals surface area contributed by atoms with E-state index in [1.54, 1.807) is 33.6 Å². The Hall–Kier alpha value is -3.26. The molecule has 182 valence electrons. The lowest BCUT2D eigenvalue weighted by Gasteiger charge is -2.37. The fraction of sp³-hybridized carbons (Fsp3) is 0.353. The maximum atomic E-state index is 2.62. The summed E-state index contributed by atoms with van der Waals surface area (Å²) in [6.07, 6.45) is 19.2. The van der Waals surface area contributed by atoms with Gasteiger partial charge in [-0.1, -0.05) is 48.6 Å². The highest BCUT2D eigenvalue weighted by Gasteiger charge is 2.25. The summed E-state index contributed by atoms with van der Waals surface area (Å²) in [5.74, 6) is 0. The van der Waals surface area contributed by atoms with Crippen LogP contribution in [-0.4, -0.2) is 26.2 Å². The highest BCUT2D eigenvalue weighted by atomic mass is 15.1. The van der Waals surface area contributed by atoms with E-state index in [9.17, 15) is 0 Å². The van der Waals surface area contributed by atoms with Crippen molar-refractivity contribution in [3.8, 4) is 0 Å². The van der Waals surface area contributed by atoms with Gasteiger partial charge >= 0.3 is 0 Å². The smallest absolute Gasteiger partial charge is 0.0431 e. The molecule has 0 atom stereocenters. The van der Waals surface area contributed by atoms with Crippen molar-refractivity contribution in [1.29, 1.82) is 0 Å². The van der Waals surface area contributed by atoms with E-state index < -0.39 is 0 Å². The van der Waals surface area contributed by atoms with E-state index in [1.807, 2.05) is 0 Å². The average Bonchev–Trinajstić information content (AvgIpc) is 2.92. The molecule has 0 radical (unpaired) electrons. The third-order valence-electron chi connectivity index (χ3n) is 8.58. The van der Waals surface area contributed by atoms with Crippen LogP contribution in [0.3, 0.4) is 0 Å². The maximum Gasteiger partial charge on any atom is 0.0431 e. The molecule has 0 saturated carbocycles. The van der Waals surface area contributed by atoms with Crippen LogP contribution in [0.15, 0.2) is 48.5 Å². The van der Waals surface area contributed by atoms with Gasteiger partial charge in [-0.3, -0.25) is 0 Å². The Balaban J connectivity index is 1.07. The molecule has 4 heterocycles. The molecule has 0 unspecified atom stereocenters. The number of benzene rings is 3. The first kappa shape index (κ1) is 22.0. The van der Waals surface area contributed by atoms with Crippen molar-refractivity contribution in [2.24, 2.45) is 0 Å². The molecule has 0 bridgehead atoms. The van der Waals surface area contributed by atoms with Crippen LogP contribution in [0, 0.1) is 0 Å². The van der Waals surface area contributed by atoms with Crippen LogP contribution >= 0.6 is 0 Å². The van der Waals surface area contributed by atoms with Gasteiger partial charge in [0.15, 0.2) is 0 Å². The summed E-state index contributed by atoms with van der Waals surface area (Å²) in [5, 5.41) is 0. The van der Waals surface area contributed by atoms with Crippen LogP contribution in [-0.2, 0) is 25.7 Å². The van der Waals surface area contributed by atoms with Crippen molar-refractivity contribution >= 4 is 35.7 Å². The Morgan fingerprint density at radius 3 is 1.06 bits per heavy atom. The number of rotatable bonds is 4. The van der Waals surface area contributed by atoms with E-state index in [4.69, 9.17) is 0 Å². The van der Waals surface area contributed by atoms with Crippen LogP contribution in [0.4, 0.5) is 11.4 Å². The molecule has 36 heavy (non-hydrogen) atoms. The Morgan fingerprint density at radius 2 is 0.722 bits per heavy atom. The Kier molecular flexibility index (Phi) is 5.69. The Bertz CT molecular complexity index is 1180. The first-order valence-corrected chi connectivity index (χ1v) is 14.1. The van der Waals surface area contributed by atoms with Crippen molar-refractivity contribution in [3.05, 3.63) is 93.0 Å². The summed E-state index contributed by atoms with van der Waals surface area (Å²) in [4.78, 5) is 5.23. The molecule has 7 rings (SSSR count). The lowest BCUT2D eigenvalue weighted by atomic mass is 9.90. The fourth-order valence-electron chi connectivity index (χ4n) is 6.96. The summed E-state index contributed by atoms with van der Waals surface area (Å²) in [6.45, 7) is 4.95. The predicted octanol–water partition coefficient (Wildman–Crippen LogP) is 7.43. The zero-order chi connectivity index (χ0) is 23.9. The molecular formula is C34H36N2.